The monoisotopic (exact) mass is 379 g/mol. The molecule has 3 amide bonds. The van der Waals surface area contributed by atoms with Crippen LogP contribution in [0, 0.1) is 5.41 Å². The Morgan fingerprint density at radius 1 is 1.30 bits per heavy atom. The molecule has 2 aliphatic heterocycles. The van der Waals surface area contributed by atoms with Gasteiger partial charge in [-0.05, 0) is 44.4 Å². The molecule has 7 nitrogen and oxygen atoms in total. The summed E-state index contributed by atoms with van der Waals surface area (Å²) in [5.41, 5.74) is -0.395. The molecular formula is C20H37N5O2. The number of carbonyl (C=O) groups is 2. The Morgan fingerprint density at radius 3 is 2.63 bits per heavy atom. The summed E-state index contributed by atoms with van der Waals surface area (Å²) in [6, 6.07) is -0.278. The third-order valence-electron chi connectivity index (χ3n) is 6.04. The number of imide groups is 1. The quantitative estimate of drug-likeness (QED) is 0.308. The number of carbonyl (C=O) groups excluding carboxylic acids is 2. The Bertz CT molecular complexity index is 575. The van der Waals surface area contributed by atoms with Crippen molar-refractivity contribution >= 4 is 17.9 Å². The molecule has 2 N–H and O–H groups in total. The Balaban J connectivity index is 1.82. The first-order valence-electron chi connectivity index (χ1n) is 10.4. The van der Waals surface area contributed by atoms with Crippen molar-refractivity contribution < 1.29 is 9.59 Å². The largest absolute Gasteiger partial charge is 0.356 e. The number of rotatable bonds is 7. The average Bonchev–Trinajstić information content (AvgIpc) is 2.85. The summed E-state index contributed by atoms with van der Waals surface area (Å²) in [6.07, 6.45) is 6.22. The topological polar surface area (TPSA) is 77.0 Å². The number of amides is 3. The van der Waals surface area contributed by atoms with Gasteiger partial charge in [-0.3, -0.25) is 14.7 Å². The van der Waals surface area contributed by atoms with E-state index in [1.807, 2.05) is 14.0 Å². The molecule has 0 aliphatic carbocycles. The molecule has 0 bridgehead atoms. The molecule has 2 saturated heterocycles. The van der Waals surface area contributed by atoms with Gasteiger partial charge in [-0.15, -0.1) is 0 Å². The van der Waals surface area contributed by atoms with Crippen LogP contribution in [0.4, 0.5) is 4.79 Å². The van der Waals surface area contributed by atoms with Gasteiger partial charge in [-0.1, -0.05) is 27.2 Å². The smallest absolute Gasteiger partial charge is 0.325 e. The second-order valence-electron chi connectivity index (χ2n) is 8.49. The number of nitrogens with one attached hydrogen (secondary N) is 2. The fourth-order valence-electron chi connectivity index (χ4n) is 4.26. The van der Waals surface area contributed by atoms with E-state index in [0.717, 1.165) is 19.0 Å². The summed E-state index contributed by atoms with van der Waals surface area (Å²) in [5, 5.41) is 6.21. The third kappa shape index (κ3) is 4.93. The highest BCUT2D eigenvalue weighted by molar-refractivity contribution is 6.06. The molecule has 2 aliphatic rings. The van der Waals surface area contributed by atoms with Crippen molar-refractivity contribution in [2.45, 2.75) is 71.8 Å². The Labute approximate surface area is 163 Å². The van der Waals surface area contributed by atoms with Gasteiger partial charge in [-0.2, -0.15) is 0 Å². The van der Waals surface area contributed by atoms with Crippen LogP contribution in [0.15, 0.2) is 4.99 Å². The van der Waals surface area contributed by atoms with Gasteiger partial charge in [0.1, 0.15) is 5.54 Å². The first-order valence-corrected chi connectivity index (χ1v) is 10.4. The standard InChI is InChI=1S/C20H37N5O2/c1-6-10-19(3)11-8-13-24(15-19)17(21-5)22-12-9-14-25-16(26)20(4,7-2)23-18(25)27/h6-15H2,1-5H3,(H,21,22)(H,23,27). The summed E-state index contributed by atoms with van der Waals surface area (Å²) in [4.78, 5) is 32.6. The van der Waals surface area contributed by atoms with Gasteiger partial charge in [0.05, 0.1) is 0 Å². The molecule has 2 atom stereocenters. The fraction of sp³-hybridized carbons (Fsp3) is 0.850. The molecule has 27 heavy (non-hydrogen) atoms. The highest BCUT2D eigenvalue weighted by Crippen LogP contribution is 2.33. The molecule has 0 aromatic carbocycles. The van der Waals surface area contributed by atoms with Crippen molar-refractivity contribution in [1.82, 2.24) is 20.4 Å². The number of nitrogens with zero attached hydrogens (tertiary/aromatic N) is 3. The minimum absolute atomic E-state index is 0.120. The SMILES string of the molecule is CCCC1(C)CCCN(C(=NC)NCCCN2C(=O)NC(C)(CC)C2=O)C1. The minimum atomic E-state index is -0.752. The zero-order valence-corrected chi connectivity index (χ0v) is 17.7. The van der Waals surface area contributed by atoms with Crippen LogP contribution in [0.3, 0.4) is 0 Å². The van der Waals surface area contributed by atoms with E-state index >= 15 is 0 Å². The Morgan fingerprint density at radius 2 is 2.04 bits per heavy atom. The van der Waals surface area contributed by atoms with E-state index in [-0.39, 0.29) is 11.9 Å². The van der Waals surface area contributed by atoms with Crippen LogP contribution in [0.25, 0.3) is 0 Å². The lowest BCUT2D eigenvalue weighted by molar-refractivity contribution is -0.130. The average molecular weight is 380 g/mol. The lowest BCUT2D eigenvalue weighted by Gasteiger charge is -2.42. The van der Waals surface area contributed by atoms with Gasteiger partial charge in [0.15, 0.2) is 5.96 Å². The van der Waals surface area contributed by atoms with Crippen molar-refractivity contribution in [1.29, 1.82) is 0 Å². The molecule has 2 rings (SSSR count). The maximum Gasteiger partial charge on any atom is 0.325 e. The normalized spacial score (nSPS) is 29.3. The van der Waals surface area contributed by atoms with Crippen molar-refractivity contribution in [3.8, 4) is 0 Å². The summed E-state index contributed by atoms with van der Waals surface area (Å²) in [7, 11) is 1.82. The van der Waals surface area contributed by atoms with Crippen molar-refractivity contribution in [2.75, 3.05) is 33.2 Å². The second-order valence-corrected chi connectivity index (χ2v) is 8.49. The van der Waals surface area contributed by atoms with Gasteiger partial charge in [-0.25, -0.2) is 4.79 Å². The van der Waals surface area contributed by atoms with E-state index in [1.54, 1.807) is 6.92 Å². The predicted molar refractivity (Wildman–Crippen MR) is 109 cm³/mol. The first-order chi connectivity index (χ1) is 12.8. The second kappa shape index (κ2) is 8.93. The minimum Gasteiger partial charge on any atom is -0.356 e. The molecule has 154 valence electrons. The summed E-state index contributed by atoms with van der Waals surface area (Å²) < 4.78 is 0. The molecule has 0 aromatic heterocycles. The molecule has 2 heterocycles. The van der Waals surface area contributed by atoms with Crippen molar-refractivity contribution in [3.63, 3.8) is 0 Å². The molecule has 0 spiro atoms. The van der Waals surface area contributed by atoms with Gasteiger partial charge in [0.2, 0.25) is 0 Å². The van der Waals surface area contributed by atoms with Crippen molar-refractivity contribution in [2.24, 2.45) is 10.4 Å². The lowest BCUT2D eigenvalue weighted by Crippen LogP contribution is -2.50. The van der Waals surface area contributed by atoms with Crippen LogP contribution in [-0.4, -0.2) is 66.5 Å². The van der Waals surface area contributed by atoms with E-state index in [0.29, 0.717) is 31.3 Å². The maximum absolute atomic E-state index is 12.4. The number of urea groups is 1. The van der Waals surface area contributed by atoms with Crippen LogP contribution in [-0.2, 0) is 4.79 Å². The predicted octanol–water partition coefficient (Wildman–Crippen LogP) is 2.57. The summed E-state index contributed by atoms with van der Waals surface area (Å²) in [5.74, 6) is 0.804. The Kier molecular flexibility index (Phi) is 7.12. The third-order valence-corrected chi connectivity index (χ3v) is 6.04. The van der Waals surface area contributed by atoms with Gasteiger partial charge < -0.3 is 15.5 Å². The van der Waals surface area contributed by atoms with Crippen molar-refractivity contribution in [3.05, 3.63) is 0 Å². The Hall–Kier alpha value is -1.79. The van der Waals surface area contributed by atoms with E-state index in [2.05, 4.69) is 34.4 Å². The number of hydrogen-bond donors (Lipinski definition) is 2. The summed E-state index contributed by atoms with van der Waals surface area (Å²) >= 11 is 0. The molecule has 0 radical (unpaired) electrons. The zero-order chi connectivity index (χ0) is 20.1. The molecule has 0 aromatic rings. The summed E-state index contributed by atoms with van der Waals surface area (Å²) in [6.45, 7) is 11.5. The highest BCUT2D eigenvalue weighted by atomic mass is 16.2. The zero-order valence-electron chi connectivity index (χ0n) is 17.7. The molecular weight excluding hydrogens is 342 g/mol. The number of guanidine groups is 1. The van der Waals surface area contributed by atoms with Crippen LogP contribution >= 0.6 is 0 Å². The molecule has 0 saturated carbocycles. The van der Waals surface area contributed by atoms with E-state index in [4.69, 9.17) is 0 Å². The highest BCUT2D eigenvalue weighted by Gasteiger charge is 2.46. The first kappa shape index (κ1) is 21.5. The number of likely N-dealkylation sites (tertiary alicyclic amines) is 1. The van der Waals surface area contributed by atoms with Gasteiger partial charge in [0.25, 0.3) is 5.91 Å². The number of hydrogen-bond acceptors (Lipinski definition) is 3. The van der Waals surface area contributed by atoms with Crippen LogP contribution in [0.1, 0.15) is 66.2 Å². The number of piperidine rings is 1. The van der Waals surface area contributed by atoms with E-state index < -0.39 is 5.54 Å². The lowest BCUT2D eigenvalue weighted by atomic mass is 9.78. The maximum atomic E-state index is 12.4. The van der Waals surface area contributed by atoms with E-state index in [1.165, 1.54) is 30.6 Å². The molecule has 2 fully saturated rings. The van der Waals surface area contributed by atoms with Gasteiger partial charge in [0, 0.05) is 33.2 Å². The van der Waals surface area contributed by atoms with Crippen LogP contribution in [0.2, 0.25) is 0 Å². The van der Waals surface area contributed by atoms with E-state index in [9.17, 15) is 9.59 Å². The van der Waals surface area contributed by atoms with Gasteiger partial charge >= 0.3 is 6.03 Å². The van der Waals surface area contributed by atoms with Crippen LogP contribution < -0.4 is 10.6 Å². The molecule has 7 heteroatoms. The molecule has 2 unspecified atom stereocenters. The number of aliphatic imine (C=N–C) groups is 1. The fourth-order valence-corrected chi connectivity index (χ4v) is 4.26. The van der Waals surface area contributed by atoms with Crippen LogP contribution in [0.5, 0.6) is 0 Å².